The first-order chi connectivity index (χ1) is 12.1. The highest BCUT2D eigenvalue weighted by atomic mass is 19.4. The quantitative estimate of drug-likeness (QED) is 0.614. The van der Waals surface area contributed by atoms with Gasteiger partial charge in [0.05, 0.1) is 5.56 Å². The lowest BCUT2D eigenvalue weighted by Crippen LogP contribution is -2.39. The lowest BCUT2D eigenvalue weighted by Gasteiger charge is -2.15. The van der Waals surface area contributed by atoms with E-state index in [2.05, 4.69) is 5.32 Å². The van der Waals surface area contributed by atoms with Crippen molar-refractivity contribution < 1.29 is 32.3 Å². The second-order valence-electron chi connectivity index (χ2n) is 5.61. The van der Waals surface area contributed by atoms with Crippen LogP contribution in [0.4, 0.5) is 23.7 Å². The molecule has 140 valence electrons. The number of alkyl halides is 3. The van der Waals surface area contributed by atoms with Gasteiger partial charge in [0.15, 0.2) is 0 Å². The summed E-state index contributed by atoms with van der Waals surface area (Å²) >= 11 is 0. The van der Waals surface area contributed by atoms with Gasteiger partial charge in [0.1, 0.15) is 6.54 Å². The molecule has 0 spiro atoms. The number of rotatable bonds is 6. The molecule has 0 aromatic heterocycles. The number of nitrogens with one attached hydrogen (secondary N) is 1. The molecule has 5 amide bonds. The first kappa shape index (κ1) is 19.4. The van der Waals surface area contributed by atoms with Crippen molar-refractivity contribution >= 4 is 29.4 Å². The summed E-state index contributed by atoms with van der Waals surface area (Å²) in [6.07, 6.45) is -3.37. The number of anilines is 1. The zero-order valence-corrected chi connectivity index (χ0v) is 13.8. The van der Waals surface area contributed by atoms with Crippen LogP contribution in [0.15, 0.2) is 24.3 Å². The van der Waals surface area contributed by atoms with E-state index in [1.165, 1.54) is 6.07 Å². The maximum Gasteiger partial charge on any atom is 0.416 e. The average molecular weight is 371 g/mol. The van der Waals surface area contributed by atoms with Crippen LogP contribution in [0.3, 0.4) is 0 Å². The summed E-state index contributed by atoms with van der Waals surface area (Å²) in [5, 5.41) is 2.18. The fourth-order valence-corrected chi connectivity index (χ4v) is 2.32. The number of unbranched alkanes of at least 4 members (excludes halogenated alkanes) is 1. The van der Waals surface area contributed by atoms with Crippen molar-refractivity contribution in [3.63, 3.8) is 0 Å². The topological polar surface area (TPSA) is 86.8 Å². The summed E-state index contributed by atoms with van der Waals surface area (Å²) in [4.78, 5) is 48.9. The third kappa shape index (κ3) is 4.19. The molecule has 1 aromatic carbocycles. The third-order valence-corrected chi connectivity index (χ3v) is 3.65. The van der Waals surface area contributed by atoms with Gasteiger partial charge in [-0.1, -0.05) is 19.4 Å². The molecule has 0 unspecified atom stereocenters. The number of carbonyl (C=O) groups excluding carboxylic acids is 4. The molecule has 1 aromatic rings. The molecule has 0 atom stereocenters. The van der Waals surface area contributed by atoms with Crippen molar-refractivity contribution in [3.05, 3.63) is 29.8 Å². The molecular weight excluding hydrogens is 355 g/mol. The van der Waals surface area contributed by atoms with Crippen LogP contribution in [-0.4, -0.2) is 46.6 Å². The standard InChI is InChI=1S/C16H16F3N3O4/c1-2-3-7-21-13(24)14(25)22(15(21)26)9-12(23)20-11-6-4-5-10(8-11)16(17,18)19/h4-6,8H,2-3,7,9H2,1H3,(H,20,23). The molecule has 1 aliphatic rings. The maximum atomic E-state index is 12.7. The molecule has 1 saturated heterocycles. The highest BCUT2D eigenvalue weighted by Crippen LogP contribution is 2.30. The highest BCUT2D eigenvalue weighted by Gasteiger charge is 2.44. The van der Waals surface area contributed by atoms with Crippen molar-refractivity contribution in [2.24, 2.45) is 0 Å². The van der Waals surface area contributed by atoms with Gasteiger partial charge < -0.3 is 5.32 Å². The van der Waals surface area contributed by atoms with E-state index in [0.717, 1.165) is 23.1 Å². The van der Waals surface area contributed by atoms with Crippen LogP contribution in [0, 0.1) is 0 Å². The number of hydrogen-bond acceptors (Lipinski definition) is 4. The van der Waals surface area contributed by atoms with E-state index < -0.39 is 42.0 Å². The first-order valence-corrected chi connectivity index (χ1v) is 7.79. The van der Waals surface area contributed by atoms with Crippen LogP contribution < -0.4 is 5.32 Å². The van der Waals surface area contributed by atoms with Crippen LogP contribution >= 0.6 is 0 Å². The Bertz CT molecular complexity index is 749. The fraction of sp³-hybridized carbons (Fsp3) is 0.375. The molecule has 0 aliphatic carbocycles. The van der Waals surface area contributed by atoms with Gasteiger partial charge in [-0.2, -0.15) is 13.2 Å². The summed E-state index contributed by atoms with van der Waals surface area (Å²) in [6, 6.07) is 3.00. The van der Waals surface area contributed by atoms with Gasteiger partial charge in [0, 0.05) is 12.2 Å². The van der Waals surface area contributed by atoms with E-state index in [1.807, 2.05) is 6.92 Å². The number of amides is 5. The van der Waals surface area contributed by atoms with Crippen LogP contribution in [0.5, 0.6) is 0 Å². The zero-order valence-electron chi connectivity index (χ0n) is 13.8. The Morgan fingerprint density at radius 3 is 2.38 bits per heavy atom. The van der Waals surface area contributed by atoms with Gasteiger partial charge in [0.2, 0.25) is 5.91 Å². The molecule has 0 radical (unpaired) electrons. The fourth-order valence-electron chi connectivity index (χ4n) is 2.32. The first-order valence-electron chi connectivity index (χ1n) is 7.79. The summed E-state index contributed by atoms with van der Waals surface area (Å²) in [5.41, 5.74) is -1.09. The van der Waals surface area contributed by atoms with Gasteiger partial charge >= 0.3 is 24.0 Å². The van der Waals surface area contributed by atoms with E-state index in [-0.39, 0.29) is 12.2 Å². The normalized spacial score (nSPS) is 15.0. The van der Waals surface area contributed by atoms with E-state index in [0.29, 0.717) is 17.7 Å². The number of nitrogens with zero attached hydrogens (tertiary/aromatic N) is 2. The molecule has 1 heterocycles. The van der Waals surface area contributed by atoms with Crippen LogP contribution in [0.2, 0.25) is 0 Å². The summed E-state index contributed by atoms with van der Waals surface area (Å²) in [7, 11) is 0. The molecule has 7 nitrogen and oxygen atoms in total. The second kappa shape index (κ2) is 7.54. The lowest BCUT2D eigenvalue weighted by atomic mass is 10.2. The van der Waals surface area contributed by atoms with Gasteiger partial charge in [-0.15, -0.1) is 0 Å². The van der Waals surface area contributed by atoms with E-state index >= 15 is 0 Å². The van der Waals surface area contributed by atoms with Crippen LogP contribution in [0.1, 0.15) is 25.3 Å². The largest absolute Gasteiger partial charge is 0.416 e. The number of urea groups is 1. The summed E-state index contributed by atoms with van der Waals surface area (Å²) < 4.78 is 38.0. The highest BCUT2D eigenvalue weighted by molar-refractivity contribution is 6.45. The van der Waals surface area contributed by atoms with Gasteiger partial charge in [-0.3, -0.25) is 19.3 Å². The third-order valence-electron chi connectivity index (χ3n) is 3.65. The predicted octanol–water partition coefficient (Wildman–Crippen LogP) is 2.23. The minimum absolute atomic E-state index is 0.0612. The molecular formula is C16H16F3N3O4. The molecule has 2 rings (SSSR count). The Morgan fingerprint density at radius 1 is 1.12 bits per heavy atom. The van der Waals surface area contributed by atoms with Gasteiger partial charge in [0.25, 0.3) is 0 Å². The summed E-state index contributed by atoms with van der Waals surface area (Å²) in [6.45, 7) is 1.14. The molecule has 1 fully saturated rings. The van der Waals surface area contributed by atoms with Gasteiger partial charge in [-0.25, -0.2) is 9.69 Å². The average Bonchev–Trinajstić information content (AvgIpc) is 2.76. The lowest BCUT2D eigenvalue weighted by molar-refractivity contribution is -0.143. The zero-order chi connectivity index (χ0) is 19.5. The van der Waals surface area contributed by atoms with Crippen LogP contribution in [-0.2, 0) is 20.6 Å². The monoisotopic (exact) mass is 371 g/mol. The Hall–Kier alpha value is -2.91. The van der Waals surface area contributed by atoms with Gasteiger partial charge in [-0.05, 0) is 24.6 Å². The number of halogens is 3. The Kier molecular flexibility index (Phi) is 5.63. The van der Waals surface area contributed by atoms with Crippen molar-refractivity contribution in [2.45, 2.75) is 25.9 Å². The molecule has 10 heteroatoms. The molecule has 1 N–H and O–H groups in total. The second-order valence-corrected chi connectivity index (χ2v) is 5.61. The Morgan fingerprint density at radius 2 is 1.77 bits per heavy atom. The molecule has 26 heavy (non-hydrogen) atoms. The van der Waals surface area contributed by atoms with Crippen molar-refractivity contribution in [1.82, 2.24) is 9.80 Å². The summed E-state index contributed by atoms with van der Waals surface area (Å²) in [5.74, 6) is -3.04. The van der Waals surface area contributed by atoms with Crippen LogP contribution in [0.25, 0.3) is 0 Å². The number of carbonyl (C=O) groups is 4. The van der Waals surface area contributed by atoms with E-state index in [9.17, 15) is 32.3 Å². The van der Waals surface area contributed by atoms with Crippen molar-refractivity contribution in [3.8, 4) is 0 Å². The van der Waals surface area contributed by atoms with Crippen molar-refractivity contribution in [2.75, 3.05) is 18.4 Å². The molecule has 0 saturated carbocycles. The minimum Gasteiger partial charge on any atom is -0.325 e. The number of hydrogen-bond donors (Lipinski definition) is 1. The number of imide groups is 2. The SMILES string of the molecule is CCCCN1C(=O)C(=O)N(CC(=O)Nc2cccc(C(F)(F)F)c2)C1=O. The smallest absolute Gasteiger partial charge is 0.325 e. The molecule has 0 bridgehead atoms. The van der Waals surface area contributed by atoms with E-state index in [4.69, 9.17) is 0 Å². The maximum absolute atomic E-state index is 12.7. The van der Waals surface area contributed by atoms with E-state index in [1.54, 1.807) is 0 Å². The minimum atomic E-state index is -4.58. The molecule has 1 aliphatic heterocycles. The predicted molar refractivity (Wildman–Crippen MR) is 83.8 cm³/mol. The number of benzene rings is 1. The Balaban J connectivity index is 2.05. The van der Waals surface area contributed by atoms with Crippen molar-refractivity contribution in [1.29, 1.82) is 0 Å². The Labute approximate surface area is 146 Å².